The van der Waals surface area contributed by atoms with Crippen LogP contribution in [0.1, 0.15) is 45.1 Å². The third-order valence-corrected chi connectivity index (χ3v) is 4.97. The molecule has 2 N–H and O–H groups in total. The van der Waals surface area contributed by atoms with Crippen LogP contribution < -0.4 is 20.1 Å². The summed E-state index contributed by atoms with van der Waals surface area (Å²) in [5.74, 6) is 0.874. The first-order chi connectivity index (χ1) is 12.4. The van der Waals surface area contributed by atoms with Gasteiger partial charge >= 0.3 is 0 Å². The second kappa shape index (κ2) is 8.92. The second-order valence-corrected chi connectivity index (χ2v) is 7.28. The quantitative estimate of drug-likeness (QED) is 0.697. The summed E-state index contributed by atoms with van der Waals surface area (Å²) >= 11 is 0. The van der Waals surface area contributed by atoms with Crippen LogP contribution in [-0.4, -0.2) is 38.6 Å². The molecule has 0 aliphatic heterocycles. The monoisotopic (exact) mass is 362 g/mol. The van der Waals surface area contributed by atoms with Gasteiger partial charge in [0.1, 0.15) is 5.41 Å². The molecule has 1 aromatic rings. The van der Waals surface area contributed by atoms with E-state index >= 15 is 0 Å². The Hall–Kier alpha value is -2.24. The van der Waals surface area contributed by atoms with Gasteiger partial charge in [-0.25, -0.2) is 0 Å². The molecule has 6 heteroatoms. The highest BCUT2D eigenvalue weighted by molar-refractivity contribution is 6.04. The average molecular weight is 362 g/mol. The zero-order valence-electron chi connectivity index (χ0n) is 16.2. The molecule has 0 unspecified atom stereocenters. The van der Waals surface area contributed by atoms with Gasteiger partial charge < -0.3 is 20.1 Å². The molecule has 1 aliphatic carbocycles. The summed E-state index contributed by atoms with van der Waals surface area (Å²) in [6, 6.07) is 5.88. The minimum Gasteiger partial charge on any atom is -0.493 e. The fraction of sp³-hybridized carbons (Fsp3) is 0.600. The molecule has 6 nitrogen and oxygen atoms in total. The third-order valence-electron chi connectivity index (χ3n) is 4.97. The zero-order valence-corrected chi connectivity index (χ0v) is 16.2. The maximum atomic E-state index is 12.5. The van der Waals surface area contributed by atoms with Gasteiger partial charge in [0.05, 0.1) is 14.2 Å². The van der Waals surface area contributed by atoms with Crippen molar-refractivity contribution in [2.45, 2.75) is 52.0 Å². The second-order valence-electron chi connectivity index (χ2n) is 7.28. The Morgan fingerprint density at radius 3 is 2.35 bits per heavy atom. The first-order valence-corrected chi connectivity index (χ1v) is 9.18. The van der Waals surface area contributed by atoms with Crippen molar-refractivity contribution >= 4 is 11.8 Å². The SMILES string of the molecule is COc1ccc(CCNC(=O)C(C)(C)C(=O)NC2CCCC2)cc1OC. The Morgan fingerprint density at radius 1 is 1.08 bits per heavy atom. The van der Waals surface area contributed by atoms with Crippen LogP contribution in [0.25, 0.3) is 0 Å². The number of hydrogen-bond donors (Lipinski definition) is 2. The molecule has 0 spiro atoms. The van der Waals surface area contributed by atoms with Crippen LogP contribution in [0.15, 0.2) is 18.2 Å². The number of hydrogen-bond acceptors (Lipinski definition) is 4. The summed E-state index contributed by atoms with van der Waals surface area (Å²) in [5.41, 5.74) is -0.0589. The van der Waals surface area contributed by atoms with E-state index in [9.17, 15) is 9.59 Å². The van der Waals surface area contributed by atoms with E-state index in [-0.39, 0.29) is 17.9 Å². The number of carbonyl (C=O) groups excluding carboxylic acids is 2. The summed E-state index contributed by atoms with van der Waals surface area (Å²) in [4.78, 5) is 24.9. The number of carbonyl (C=O) groups is 2. The van der Waals surface area contributed by atoms with Crippen LogP contribution in [0.3, 0.4) is 0 Å². The fourth-order valence-corrected chi connectivity index (χ4v) is 3.12. The van der Waals surface area contributed by atoms with Crippen molar-refractivity contribution in [1.82, 2.24) is 10.6 Å². The van der Waals surface area contributed by atoms with Crippen LogP contribution >= 0.6 is 0 Å². The number of benzene rings is 1. The Morgan fingerprint density at radius 2 is 1.73 bits per heavy atom. The highest BCUT2D eigenvalue weighted by atomic mass is 16.5. The van der Waals surface area contributed by atoms with Gasteiger partial charge in [0.15, 0.2) is 11.5 Å². The molecule has 26 heavy (non-hydrogen) atoms. The Kier molecular flexibility index (Phi) is 6.89. The summed E-state index contributed by atoms with van der Waals surface area (Å²) in [5, 5.41) is 5.88. The predicted molar refractivity (Wildman–Crippen MR) is 100 cm³/mol. The third kappa shape index (κ3) is 4.90. The fourth-order valence-electron chi connectivity index (χ4n) is 3.12. The minimum absolute atomic E-state index is 0.201. The molecule has 1 saturated carbocycles. The minimum atomic E-state index is -1.08. The maximum absolute atomic E-state index is 12.5. The van der Waals surface area contributed by atoms with Crippen LogP contribution in [0.5, 0.6) is 11.5 Å². The standard InChI is InChI=1S/C20H30N2O4/c1-20(2,19(24)22-15-7-5-6-8-15)18(23)21-12-11-14-9-10-16(25-3)17(13-14)26-4/h9-10,13,15H,5-8,11-12H2,1-4H3,(H,21,23)(H,22,24). The molecule has 0 saturated heterocycles. The summed E-state index contributed by atoms with van der Waals surface area (Å²) in [6.07, 6.45) is 4.93. The number of ether oxygens (including phenoxy) is 2. The van der Waals surface area contributed by atoms with Gasteiger partial charge in [0.25, 0.3) is 0 Å². The number of nitrogens with one attached hydrogen (secondary N) is 2. The molecule has 1 aliphatic rings. The molecule has 1 fully saturated rings. The molecule has 0 bridgehead atoms. The molecule has 2 rings (SSSR count). The van der Waals surface area contributed by atoms with E-state index < -0.39 is 5.41 Å². The van der Waals surface area contributed by atoms with E-state index in [0.29, 0.717) is 24.5 Å². The first-order valence-electron chi connectivity index (χ1n) is 9.18. The largest absolute Gasteiger partial charge is 0.493 e. The van der Waals surface area contributed by atoms with E-state index in [2.05, 4.69) is 10.6 Å². The van der Waals surface area contributed by atoms with Crippen LogP contribution in [0, 0.1) is 5.41 Å². The highest BCUT2D eigenvalue weighted by Gasteiger charge is 2.37. The number of amides is 2. The molecule has 0 atom stereocenters. The lowest BCUT2D eigenvalue weighted by atomic mass is 9.90. The van der Waals surface area contributed by atoms with Crippen molar-refractivity contribution in [3.05, 3.63) is 23.8 Å². The van der Waals surface area contributed by atoms with E-state index in [4.69, 9.17) is 9.47 Å². The van der Waals surface area contributed by atoms with Gasteiger partial charge in [-0.2, -0.15) is 0 Å². The van der Waals surface area contributed by atoms with Crippen molar-refractivity contribution in [3.8, 4) is 11.5 Å². The van der Waals surface area contributed by atoms with E-state index in [1.807, 2.05) is 18.2 Å². The van der Waals surface area contributed by atoms with Crippen molar-refractivity contribution < 1.29 is 19.1 Å². The van der Waals surface area contributed by atoms with Gasteiger partial charge in [-0.15, -0.1) is 0 Å². The Labute approximate surface area is 155 Å². The van der Waals surface area contributed by atoms with Crippen LogP contribution in [0.4, 0.5) is 0 Å². The normalized spacial score (nSPS) is 14.8. The van der Waals surface area contributed by atoms with Crippen LogP contribution in [0.2, 0.25) is 0 Å². The summed E-state index contributed by atoms with van der Waals surface area (Å²) < 4.78 is 10.5. The molecule has 144 valence electrons. The lowest BCUT2D eigenvalue weighted by molar-refractivity contribution is -0.141. The van der Waals surface area contributed by atoms with E-state index in [1.54, 1.807) is 28.1 Å². The number of rotatable bonds is 8. The van der Waals surface area contributed by atoms with Crippen molar-refractivity contribution in [2.75, 3.05) is 20.8 Å². The Balaban J connectivity index is 1.85. The van der Waals surface area contributed by atoms with Crippen LogP contribution in [-0.2, 0) is 16.0 Å². The summed E-state index contributed by atoms with van der Waals surface area (Å²) in [6.45, 7) is 3.79. The van der Waals surface area contributed by atoms with Gasteiger partial charge in [0, 0.05) is 12.6 Å². The topological polar surface area (TPSA) is 76.7 Å². The molecule has 0 radical (unpaired) electrons. The smallest absolute Gasteiger partial charge is 0.235 e. The zero-order chi connectivity index (χ0) is 19.2. The van der Waals surface area contributed by atoms with Crippen molar-refractivity contribution in [2.24, 2.45) is 5.41 Å². The number of methoxy groups -OCH3 is 2. The van der Waals surface area contributed by atoms with E-state index in [1.165, 1.54) is 0 Å². The molecule has 1 aromatic carbocycles. The molecule has 0 aromatic heterocycles. The van der Waals surface area contributed by atoms with Crippen molar-refractivity contribution in [1.29, 1.82) is 0 Å². The molecule has 0 heterocycles. The maximum Gasteiger partial charge on any atom is 0.235 e. The Bertz CT molecular complexity index is 637. The summed E-state index contributed by atoms with van der Waals surface area (Å²) in [7, 11) is 3.19. The van der Waals surface area contributed by atoms with E-state index in [0.717, 1.165) is 31.2 Å². The lowest BCUT2D eigenvalue weighted by Crippen LogP contribution is -2.50. The highest BCUT2D eigenvalue weighted by Crippen LogP contribution is 2.27. The first kappa shape index (κ1) is 20.1. The molecule has 2 amide bonds. The average Bonchev–Trinajstić information content (AvgIpc) is 3.14. The van der Waals surface area contributed by atoms with Crippen molar-refractivity contribution in [3.63, 3.8) is 0 Å². The predicted octanol–water partition coefficient (Wildman–Crippen LogP) is 2.45. The van der Waals surface area contributed by atoms with Gasteiger partial charge in [-0.05, 0) is 50.8 Å². The molecular weight excluding hydrogens is 332 g/mol. The van der Waals surface area contributed by atoms with Gasteiger partial charge in [-0.1, -0.05) is 18.9 Å². The lowest BCUT2D eigenvalue weighted by Gasteiger charge is -2.25. The van der Waals surface area contributed by atoms with Gasteiger partial charge in [-0.3, -0.25) is 9.59 Å². The molecular formula is C20H30N2O4. The van der Waals surface area contributed by atoms with Gasteiger partial charge in [0.2, 0.25) is 11.8 Å².